The molecule has 2 atom stereocenters. The second-order valence-corrected chi connectivity index (χ2v) is 7.52. The van der Waals surface area contributed by atoms with E-state index in [1.807, 2.05) is 0 Å². The number of primary amides is 1. The van der Waals surface area contributed by atoms with Crippen molar-refractivity contribution in [2.24, 2.45) is 17.1 Å². The molecule has 0 saturated heterocycles. The van der Waals surface area contributed by atoms with Gasteiger partial charge in [0.2, 0.25) is 0 Å². The van der Waals surface area contributed by atoms with Gasteiger partial charge in [-0.15, -0.1) is 0 Å². The Hall–Kier alpha value is -2.11. The van der Waals surface area contributed by atoms with Gasteiger partial charge in [0.25, 0.3) is 5.91 Å². The summed E-state index contributed by atoms with van der Waals surface area (Å²) >= 11 is 0. The molecule has 1 aliphatic rings. The van der Waals surface area contributed by atoms with Crippen LogP contribution in [-0.2, 0) is 0 Å². The second-order valence-electron chi connectivity index (χ2n) is 7.52. The van der Waals surface area contributed by atoms with Crippen LogP contribution < -0.4 is 16.4 Å². The third kappa shape index (κ3) is 4.46. The molecule has 6 heteroatoms. The number of rotatable bonds is 3. The molecule has 132 valence electrons. The van der Waals surface area contributed by atoms with E-state index in [-0.39, 0.29) is 23.1 Å². The Kier molecular flexibility index (Phi) is 5.47. The van der Waals surface area contributed by atoms with Crippen LogP contribution in [0.1, 0.15) is 56.8 Å². The first-order valence-corrected chi connectivity index (χ1v) is 8.35. The molecular weight excluding hydrogens is 309 g/mol. The predicted octanol–water partition coefficient (Wildman–Crippen LogP) is 3.65. The first-order valence-electron chi connectivity index (χ1n) is 8.35. The summed E-state index contributed by atoms with van der Waals surface area (Å²) in [5.74, 6) is -1.16. The van der Waals surface area contributed by atoms with E-state index >= 15 is 0 Å². The molecule has 1 aliphatic carbocycles. The molecule has 0 spiro atoms. The van der Waals surface area contributed by atoms with Crippen LogP contribution in [0.3, 0.4) is 0 Å². The number of anilines is 1. The van der Waals surface area contributed by atoms with Crippen LogP contribution in [0.25, 0.3) is 0 Å². The summed E-state index contributed by atoms with van der Waals surface area (Å²) in [4.78, 5) is 23.5. The molecule has 1 aromatic carbocycles. The average molecular weight is 335 g/mol. The van der Waals surface area contributed by atoms with Crippen molar-refractivity contribution in [1.29, 1.82) is 0 Å². The molecule has 0 radical (unpaired) electrons. The average Bonchev–Trinajstić information content (AvgIpc) is 2.48. The van der Waals surface area contributed by atoms with Crippen LogP contribution in [0.2, 0.25) is 0 Å². The zero-order valence-corrected chi connectivity index (χ0v) is 14.5. The van der Waals surface area contributed by atoms with E-state index in [2.05, 4.69) is 31.4 Å². The molecule has 4 N–H and O–H groups in total. The lowest BCUT2D eigenvalue weighted by Crippen LogP contribution is -2.48. The molecule has 0 aromatic heterocycles. The van der Waals surface area contributed by atoms with Crippen molar-refractivity contribution in [2.75, 3.05) is 5.32 Å². The number of hydrogen-bond donors (Lipinski definition) is 3. The molecule has 24 heavy (non-hydrogen) atoms. The topological polar surface area (TPSA) is 84.2 Å². The molecule has 0 heterocycles. The molecule has 3 amide bonds. The van der Waals surface area contributed by atoms with Crippen molar-refractivity contribution in [3.05, 3.63) is 29.6 Å². The Bertz CT molecular complexity index is 625. The fourth-order valence-electron chi connectivity index (χ4n) is 3.47. The van der Waals surface area contributed by atoms with Crippen molar-refractivity contribution >= 4 is 17.6 Å². The number of urea groups is 1. The van der Waals surface area contributed by atoms with E-state index in [0.717, 1.165) is 25.3 Å². The van der Waals surface area contributed by atoms with Crippen molar-refractivity contribution in [3.8, 4) is 0 Å². The Morgan fingerprint density at radius 2 is 1.88 bits per heavy atom. The first-order chi connectivity index (χ1) is 11.2. The standard InChI is InChI=1S/C18H26FN3O2/c1-18(2,3)13-6-4-5-7-15(13)22-17(24)21-11-8-9-14(19)12(10-11)16(20)23/h8-10,13,15H,4-7H2,1-3H3,(H2,20,23)(H2,21,22,24)/t13-,15+/m1/s1. The van der Waals surface area contributed by atoms with Gasteiger partial charge in [-0.1, -0.05) is 33.6 Å². The first kappa shape index (κ1) is 18.2. The minimum absolute atomic E-state index is 0.106. The summed E-state index contributed by atoms with van der Waals surface area (Å²) in [6.07, 6.45) is 4.32. The van der Waals surface area contributed by atoms with Crippen molar-refractivity contribution in [1.82, 2.24) is 5.32 Å². The van der Waals surface area contributed by atoms with Crippen LogP contribution in [0, 0.1) is 17.2 Å². The van der Waals surface area contributed by atoms with Gasteiger partial charge in [-0.25, -0.2) is 9.18 Å². The highest BCUT2D eigenvalue weighted by Gasteiger charge is 2.34. The molecule has 2 rings (SSSR count). The van der Waals surface area contributed by atoms with Crippen molar-refractivity contribution in [2.45, 2.75) is 52.5 Å². The normalized spacial score (nSPS) is 21.2. The van der Waals surface area contributed by atoms with E-state index in [1.165, 1.54) is 18.6 Å². The van der Waals surface area contributed by atoms with Crippen molar-refractivity contribution < 1.29 is 14.0 Å². The molecule has 5 nitrogen and oxygen atoms in total. The number of halogens is 1. The molecule has 0 aliphatic heterocycles. The number of carbonyl (C=O) groups is 2. The Morgan fingerprint density at radius 3 is 2.50 bits per heavy atom. The van der Waals surface area contributed by atoms with Crippen LogP contribution in [-0.4, -0.2) is 18.0 Å². The molecule has 1 aromatic rings. The predicted molar refractivity (Wildman–Crippen MR) is 92.3 cm³/mol. The van der Waals surface area contributed by atoms with Gasteiger partial charge in [0.05, 0.1) is 5.56 Å². The summed E-state index contributed by atoms with van der Waals surface area (Å²) in [5.41, 5.74) is 5.34. The minimum Gasteiger partial charge on any atom is -0.366 e. The van der Waals surface area contributed by atoms with Gasteiger partial charge in [0.15, 0.2) is 0 Å². The lowest BCUT2D eigenvalue weighted by Gasteiger charge is -2.40. The van der Waals surface area contributed by atoms with Crippen LogP contribution in [0.4, 0.5) is 14.9 Å². The summed E-state index contributed by atoms with van der Waals surface area (Å²) in [6, 6.07) is 3.53. The molecule has 1 fully saturated rings. The maximum absolute atomic E-state index is 13.5. The maximum atomic E-state index is 13.5. The van der Waals surface area contributed by atoms with Crippen LogP contribution in [0.15, 0.2) is 18.2 Å². The van der Waals surface area contributed by atoms with Gasteiger partial charge in [-0.05, 0) is 42.4 Å². The van der Waals surface area contributed by atoms with E-state index in [1.54, 1.807) is 0 Å². The van der Waals surface area contributed by atoms with Gasteiger partial charge in [-0.3, -0.25) is 4.79 Å². The third-order valence-corrected chi connectivity index (χ3v) is 4.68. The maximum Gasteiger partial charge on any atom is 0.319 e. The lowest BCUT2D eigenvalue weighted by atomic mass is 9.69. The Balaban J connectivity index is 2.05. The lowest BCUT2D eigenvalue weighted by molar-refractivity contribution is 0.0996. The SMILES string of the molecule is CC(C)(C)[C@@H]1CCCC[C@@H]1NC(=O)Nc1ccc(F)c(C(N)=O)c1. The summed E-state index contributed by atoms with van der Waals surface area (Å²) < 4.78 is 13.5. The summed E-state index contributed by atoms with van der Waals surface area (Å²) in [7, 11) is 0. The van der Waals surface area contributed by atoms with Crippen molar-refractivity contribution in [3.63, 3.8) is 0 Å². The third-order valence-electron chi connectivity index (χ3n) is 4.68. The fourth-order valence-corrected chi connectivity index (χ4v) is 3.47. The number of hydrogen-bond acceptors (Lipinski definition) is 2. The summed E-state index contributed by atoms with van der Waals surface area (Å²) in [5, 5.41) is 5.69. The number of nitrogens with two attached hydrogens (primary N) is 1. The number of carbonyl (C=O) groups excluding carboxylic acids is 2. The number of amides is 3. The van der Waals surface area contributed by atoms with E-state index in [9.17, 15) is 14.0 Å². The number of nitrogens with one attached hydrogen (secondary N) is 2. The highest BCUT2D eigenvalue weighted by atomic mass is 19.1. The Labute approximate surface area is 142 Å². The summed E-state index contributed by atoms with van der Waals surface area (Å²) in [6.45, 7) is 6.57. The minimum atomic E-state index is -0.864. The smallest absolute Gasteiger partial charge is 0.319 e. The number of benzene rings is 1. The highest BCUT2D eigenvalue weighted by Crippen LogP contribution is 2.38. The van der Waals surface area contributed by atoms with Gasteiger partial charge >= 0.3 is 6.03 Å². The van der Waals surface area contributed by atoms with Gasteiger partial charge in [0.1, 0.15) is 5.82 Å². The molecule has 0 bridgehead atoms. The molecule has 0 unspecified atom stereocenters. The largest absolute Gasteiger partial charge is 0.366 e. The monoisotopic (exact) mass is 335 g/mol. The molecule has 1 saturated carbocycles. The second kappa shape index (κ2) is 7.20. The quantitative estimate of drug-likeness (QED) is 0.787. The van der Waals surface area contributed by atoms with Crippen LogP contribution in [0.5, 0.6) is 0 Å². The fraction of sp³-hybridized carbons (Fsp3) is 0.556. The van der Waals surface area contributed by atoms with Crippen LogP contribution >= 0.6 is 0 Å². The van der Waals surface area contributed by atoms with Gasteiger partial charge in [-0.2, -0.15) is 0 Å². The molecular formula is C18H26FN3O2. The van der Waals surface area contributed by atoms with Gasteiger partial charge < -0.3 is 16.4 Å². The van der Waals surface area contributed by atoms with E-state index < -0.39 is 11.7 Å². The Morgan fingerprint density at radius 1 is 1.21 bits per heavy atom. The van der Waals surface area contributed by atoms with E-state index in [0.29, 0.717) is 11.6 Å². The van der Waals surface area contributed by atoms with Gasteiger partial charge in [0, 0.05) is 11.7 Å². The highest BCUT2D eigenvalue weighted by molar-refractivity contribution is 5.96. The zero-order valence-electron chi connectivity index (χ0n) is 14.5. The zero-order chi connectivity index (χ0) is 17.9. The van der Waals surface area contributed by atoms with E-state index in [4.69, 9.17) is 5.73 Å².